The fourth-order valence-corrected chi connectivity index (χ4v) is 2.31. The molecule has 0 unspecified atom stereocenters. The summed E-state index contributed by atoms with van der Waals surface area (Å²) in [7, 11) is 1.75. The smallest absolute Gasteiger partial charge is 0.245 e. The second-order valence-electron chi connectivity index (χ2n) is 5.38. The van der Waals surface area contributed by atoms with Crippen LogP contribution in [0.2, 0.25) is 0 Å². The second-order valence-corrected chi connectivity index (χ2v) is 5.38. The molecule has 3 N–H and O–H groups in total. The highest BCUT2D eigenvalue weighted by Gasteiger charge is 2.27. The number of carbonyl (C=O) groups is 2. The van der Waals surface area contributed by atoms with Crippen molar-refractivity contribution in [2.75, 3.05) is 13.6 Å². The fraction of sp³-hybridized carbons (Fsp3) is 0.375. The maximum atomic E-state index is 12.3. The molecule has 5 heteroatoms. The third-order valence-corrected chi connectivity index (χ3v) is 3.56. The van der Waals surface area contributed by atoms with Crippen LogP contribution < -0.4 is 11.1 Å². The van der Waals surface area contributed by atoms with Crippen molar-refractivity contribution in [2.24, 2.45) is 5.73 Å². The summed E-state index contributed by atoms with van der Waals surface area (Å²) in [6, 6.07) is 8.77. The van der Waals surface area contributed by atoms with Gasteiger partial charge in [0, 0.05) is 13.6 Å². The van der Waals surface area contributed by atoms with Crippen molar-refractivity contribution in [3.8, 4) is 0 Å². The molecule has 5 nitrogen and oxygen atoms in total. The number of carbonyl (C=O) groups excluding carboxylic acids is 2. The molecule has 0 bridgehead atoms. The normalized spacial score (nSPS) is 20.5. The average Bonchev–Trinajstić information content (AvgIpc) is 2.61. The van der Waals surface area contributed by atoms with E-state index in [9.17, 15) is 9.59 Å². The van der Waals surface area contributed by atoms with Crippen LogP contribution in [0.4, 0.5) is 0 Å². The van der Waals surface area contributed by atoms with Gasteiger partial charge in [0.15, 0.2) is 0 Å². The number of hydrogen-bond acceptors (Lipinski definition) is 3. The predicted molar refractivity (Wildman–Crippen MR) is 82.3 cm³/mol. The predicted octanol–water partition coefficient (Wildman–Crippen LogP) is 0.764. The summed E-state index contributed by atoms with van der Waals surface area (Å²) >= 11 is 0. The zero-order valence-corrected chi connectivity index (χ0v) is 12.4. The fourth-order valence-electron chi connectivity index (χ4n) is 2.31. The lowest BCUT2D eigenvalue weighted by atomic mass is 10.0. The Bertz CT molecular complexity index is 552. The largest absolute Gasteiger partial charge is 0.343 e. The number of nitrogens with zero attached hydrogens (tertiary/aromatic N) is 1. The lowest BCUT2D eigenvalue weighted by Crippen LogP contribution is -2.50. The summed E-state index contributed by atoms with van der Waals surface area (Å²) in [5, 5.41) is 2.71. The molecule has 1 aromatic rings. The molecule has 0 aromatic heterocycles. The van der Waals surface area contributed by atoms with Crippen LogP contribution >= 0.6 is 0 Å². The first-order chi connectivity index (χ1) is 9.99. The number of likely N-dealkylation sites (N-methyl/N-ethyl adjacent to an activating group) is 1. The summed E-state index contributed by atoms with van der Waals surface area (Å²) in [6.07, 6.45) is 2.49. The van der Waals surface area contributed by atoms with E-state index in [0.29, 0.717) is 13.0 Å². The van der Waals surface area contributed by atoms with E-state index in [1.807, 2.05) is 36.4 Å². The van der Waals surface area contributed by atoms with Crippen LogP contribution in [0.25, 0.3) is 5.57 Å². The van der Waals surface area contributed by atoms with Gasteiger partial charge in [-0.05, 0) is 24.5 Å². The van der Waals surface area contributed by atoms with Crippen molar-refractivity contribution in [1.82, 2.24) is 10.2 Å². The molecule has 0 radical (unpaired) electrons. The number of amides is 2. The lowest BCUT2D eigenvalue weighted by molar-refractivity contribution is -0.134. The van der Waals surface area contributed by atoms with Crippen LogP contribution in [-0.4, -0.2) is 42.4 Å². The van der Waals surface area contributed by atoms with Gasteiger partial charge in [-0.1, -0.05) is 36.4 Å². The lowest BCUT2D eigenvalue weighted by Gasteiger charge is -2.22. The van der Waals surface area contributed by atoms with Gasteiger partial charge in [0.1, 0.15) is 6.04 Å². The van der Waals surface area contributed by atoms with Crippen molar-refractivity contribution in [2.45, 2.75) is 25.4 Å². The molecule has 112 valence electrons. The maximum Gasteiger partial charge on any atom is 0.245 e. The number of hydrogen-bond donors (Lipinski definition) is 2. The first-order valence-corrected chi connectivity index (χ1v) is 7.04. The van der Waals surface area contributed by atoms with Gasteiger partial charge >= 0.3 is 0 Å². The summed E-state index contributed by atoms with van der Waals surface area (Å²) < 4.78 is 0. The SMILES string of the molecule is C[C@H](N)C(=O)N[C@H]1CC=C(c2ccccc2)CN(C)C1=O. The highest BCUT2D eigenvalue weighted by Crippen LogP contribution is 2.20. The molecule has 21 heavy (non-hydrogen) atoms. The highest BCUT2D eigenvalue weighted by molar-refractivity contribution is 5.91. The van der Waals surface area contributed by atoms with Crippen molar-refractivity contribution >= 4 is 17.4 Å². The molecule has 0 saturated carbocycles. The molecule has 2 atom stereocenters. The molecular formula is C16H21N3O2. The Kier molecular flexibility index (Phi) is 4.75. The van der Waals surface area contributed by atoms with Crippen LogP contribution in [0.3, 0.4) is 0 Å². The molecule has 0 saturated heterocycles. The summed E-state index contributed by atoms with van der Waals surface area (Å²) in [4.78, 5) is 25.7. The molecule has 1 aliphatic rings. The van der Waals surface area contributed by atoms with E-state index in [1.165, 1.54) is 0 Å². The maximum absolute atomic E-state index is 12.3. The minimum atomic E-state index is -0.621. The van der Waals surface area contributed by atoms with E-state index in [-0.39, 0.29) is 11.8 Å². The van der Waals surface area contributed by atoms with Crippen molar-refractivity contribution < 1.29 is 9.59 Å². The van der Waals surface area contributed by atoms with E-state index in [2.05, 4.69) is 5.32 Å². The molecule has 0 aliphatic carbocycles. The minimum absolute atomic E-state index is 0.0915. The second kappa shape index (κ2) is 6.54. The number of benzene rings is 1. The Morgan fingerprint density at radius 1 is 1.38 bits per heavy atom. The Morgan fingerprint density at radius 2 is 2.05 bits per heavy atom. The van der Waals surface area contributed by atoms with Gasteiger partial charge in [0.25, 0.3) is 0 Å². The number of rotatable bonds is 3. The van der Waals surface area contributed by atoms with Gasteiger partial charge < -0.3 is 16.0 Å². The minimum Gasteiger partial charge on any atom is -0.343 e. The monoisotopic (exact) mass is 287 g/mol. The van der Waals surface area contributed by atoms with Crippen molar-refractivity contribution in [1.29, 1.82) is 0 Å². The van der Waals surface area contributed by atoms with Crippen LogP contribution in [0, 0.1) is 0 Å². The van der Waals surface area contributed by atoms with E-state index >= 15 is 0 Å². The van der Waals surface area contributed by atoms with Crippen LogP contribution in [0.5, 0.6) is 0 Å². The first kappa shape index (κ1) is 15.3. The molecule has 2 amide bonds. The third-order valence-electron chi connectivity index (χ3n) is 3.56. The van der Waals surface area contributed by atoms with Gasteiger partial charge in [-0.15, -0.1) is 0 Å². The summed E-state index contributed by atoms with van der Waals surface area (Å²) in [5.74, 6) is -0.399. The van der Waals surface area contributed by atoms with Crippen molar-refractivity contribution in [3.63, 3.8) is 0 Å². The molecule has 0 fully saturated rings. The third kappa shape index (κ3) is 3.70. The summed E-state index contributed by atoms with van der Waals surface area (Å²) in [5.41, 5.74) is 7.72. The van der Waals surface area contributed by atoms with Crippen LogP contribution in [-0.2, 0) is 9.59 Å². The molecule has 2 rings (SSSR count). The Balaban J connectivity index is 2.18. The van der Waals surface area contributed by atoms with Gasteiger partial charge in [0.05, 0.1) is 6.04 Å². The Labute approximate surface area is 124 Å². The Morgan fingerprint density at radius 3 is 2.67 bits per heavy atom. The van der Waals surface area contributed by atoms with Gasteiger partial charge in [-0.3, -0.25) is 9.59 Å². The van der Waals surface area contributed by atoms with E-state index < -0.39 is 12.1 Å². The molecular weight excluding hydrogens is 266 g/mol. The standard InChI is InChI=1S/C16H21N3O2/c1-11(17)15(20)18-14-9-8-13(10-19(2)16(14)21)12-6-4-3-5-7-12/h3-8,11,14H,9-10,17H2,1-2H3,(H,18,20)/t11-,14-/m0/s1. The topological polar surface area (TPSA) is 75.4 Å². The van der Waals surface area contributed by atoms with Gasteiger partial charge in [-0.25, -0.2) is 0 Å². The zero-order chi connectivity index (χ0) is 15.4. The molecule has 1 aliphatic heterocycles. The van der Waals surface area contributed by atoms with Crippen LogP contribution in [0.1, 0.15) is 18.9 Å². The van der Waals surface area contributed by atoms with E-state index in [0.717, 1.165) is 11.1 Å². The number of nitrogens with one attached hydrogen (secondary N) is 1. The van der Waals surface area contributed by atoms with Gasteiger partial charge in [-0.2, -0.15) is 0 Å². The Hall–Kier alpha value is -2.14. The highest BCUT2D eigenvalue weighted by atomic mass is 16.2. The van der Waals surface area contributed by atoms with Crippen molar-refractivity contribution in [3.05, 3.63) is 42.0 Å². The molecule has 0 spiro atoms. The van der Waals surface area contributed by atoms with Crippen LogP contribution in [0.15, 0.2) is 36.4 Å². The average molecular weight is 287 g/mol. The quantitative estimate of drug-likeness (QED) is 0.862. The molecule has 1 aromatic carbocycles. The molecule has 1 heterocycles. The van der Waals surface area contributed by atoms with Gasteiger partial charge in [0.2, 0.25) is 11.8 Å². The first-order valence-electron chi connectivity index (χ1n) is 7.04. The van der Waals surface area contributed by atoms with E-state index in [4.69, 9.17) is 5.73 Å². The summed E-state index contributed by atoms with van der Waals surface area (Å²) in [6.45, 7) is 2.14. The van der Waals surface area contributed by atoms with E-state index in [1.54, 1.807) is 18.9 Å². The number of nitrogens with two attached hydrogens (primary N) is 1. The zero-order valence-electron chi connectivity index (χ0n) is 12.4.